The minimum absolute atomic E-state index is 0.243. The molecule has 1 saturated heterocycles. The summed E-state index contributed by atoms with van der Waals surface area (Å²) in [6, 6.07) is 11.0. The predicted octanol–water partition coefficient (Wildman–Crippen LogP) is 2.47. The van der Waals surface area contributed by atoms with Gasteiger partial charge in [0.25, 0.3) is 0 Å². The molecule has 1 fully saturated rings. The third kappa shape index (κ3) is 4.66. The SMILES string of the molecule is CNC(=O)C(C)(C)N1CC(c2ccc(OC)cc2)C(NC(=O)Nc2ccc(F)cc2)C1=O. The second-order valence-corrected chi connectivity index (χ2v) is 8.05. The van der Waals surface area contributed by atoms with Crippen molar-refractivity contribution in [3.05, 3.63) is 59.9 Å². The van der Waals surface area contributed by atoms with Crippen LogP contribution < -0.4 is 20.7 Å². The van der Waals surface area contributed by atoms with Gasteiger partial charge in [-0.15, -0.1) is 0 Å². The van der Waals surface area contributed by atoms with Crippen molar-refractivity contribution in [2.45, 2.75) is 31.3 Å². The molecule has 32 heavy (non-hydrogen) atoms. The topological polar surface area (TPSA) is 99.8 Å². The third-order valence-corrected chi connectivity index (χ3v) is 5.70. The number of likely N-dealkylation sites (tertiary alicyclic amines) is 1. The van der Waals surface area contributed by atoms with Gasteiger partial charge in [-0.25, -0.2) is 9.18 Å². The number of rotatable bonds is 6. The Morgan fingerprint density at radius 3 is 2.28 bits per heavy atom. The van der Waals surface area contributed by atoms with Crippen molar-refractivity contribution in [1.29, 1.82) is 0 Å². The number of carbonyl (C=O) groups excluding carboxylic acids is 3. The van der Waals surface area contributed by atoms with E-state index in [4.69, 9.17) is 4.74 Å². The zero-order valence-electron chi connectivity index (χ0n) is 18.4. The van der Waals surface area contributed by atoms with E-state index < -0.39 is 29.3 Å². The maximum atomic E-state index is 13.3. The molecule has 1 aliphatic heterocycles. The summed E-state index contributed by atoms with van der Waals surface area (Å²) in [6.45, 7) is 3.57. The average molecular weight is 442 g/mol. The molecule has 2 aromatic rings. The molecule has 0 aromatic heterocycles. The van der Waals surface area contributed by atoms with E-state index in [0.29, 0.717) is 11.4 Å². The average Bonchev–Trinajstić information content (AvgIpc) is 3.11. The van der Waals surface area contributed by atoms with Gasteiger partial charge in [-0.1, -0.05) is 12.1 Å². The summed E-state index contributed by atoms with van der Waals surface area (Å²) >= 11 is 0. The molecule has 2 atom stereocenters. The quantitative estimate of drug-likeness (QED) is 0.640. The number of nitrogens with one attached hydrogen (secondary N) is 3. The Kier molecular flexibility index (Phi) is 6.67. The molecule has 3 rings (SSSR count). The summed E-state index contributed by atoms with van der Waals surface area (Å²) in [4.78, 5) is 39.9. The van der Waals surface area contributed by atoms with Gasteiger partial charge >= 0.3 is 6.03 Å². The second-order valence-electron chi connectivity index (χ2n) is 8.05. The van der Waals surface area contributed by atoms with Gasteiger partial charge in [0.15, 0.2) is 0 Å². The highest BCUT2D eigenvalue weighted by Gasteiger charge is 2.49. The molecule has 0 radical (unpaired) electrons. The van der Waals surface area contributed by atoms with Gasteiger partial charge in [-0.05, 0) is 55.8 Å². The lowest BCUT2D eigenvalue weighted by atomic mass is 9.94. The van der Waals surface area contributed by atoms with E-state index in [2.05, 4.69) is 16.0 Å². The number of likely N-dealkylation sites (N-methyl/N-ethyl adjacent to an activating group) is 1. The van der Waals surface area contributed by atoms with Crippen LogP contribution in [-0.4, -0.2) is 55.0 Å². The maximum absolute atomic E-state index is 13.3. The van der Waals surface area contributed by atoms with E-state index in [1.807, 2.05) is 12.1 Å². The highest BCUT2D eigenvalue weighted by Crippen LogP contribution is 2.34. The summed E-state index contributed by atoms with van der Waals surface area (Å²) in [5.41, 5.74) is 0.0970. The predicted molar refractivity (Wildman–Crippen MR) is 118 cm³/mol. The van der Waals surface area contributed by atoms with Crippen molar-refractivity contribution >= 4 is 23.5 Å². The molecule has 0 aliphatic carbocycles. The van der Waals surface area contributed by atoms with Gasteiger partial charge in [-0.2, -0.15) is 0 Å². The highest BCUT2D eigenvalue weighted by atomic mass is 19.1. The molecule has 1 heterocycles. The Morgan fingerprint density at radius 2 is 1.72 bits per heavy atom. The first-order valence-electron chi connectivity index (χ1n) is 10.2. The monoisotopic (exact) mass is 442 g/mol. The number of hydrogen-bond acceptors (Lipinski definition) is 4. The van der Waals surface area contributed by atoms with Crippen LogP contribution in [-0.2, 0) is 9.59 Å². The van der Waals surface area contributed by atoms with E-state index in [1.54, 1.807) is 33.1 Å². The zero-order valence-corrected chi connectivity index (χ0v) is 18.4. The largest absolute Gasteiger partial charge is 0.497 e. The van der Waals surface area contributed by atoms with Crippen LogP contribution in [0, 0.1) is 5.82 Å². The number of urea groups is 1. The Balaban J connectivity index is 1.87. The molecule has 1 aliphatic rings. The van der Waals surface area contributed by atoms with Crippen LogP contribution in [0.3, 0.4) is 0 Å². The van der Waals surface area contributed by atoms with E-state index in [-0.39, 0.29) is 18.4 Å². The van der Waals surface area contributed by atoms with Crippen LogP contribution in [0.5, 0.6) is 5.75 Å². The van der Waals surface area contributed by atoms with Crippen molar-refractivity contribution in [1.82, 2.24) is 15.5 Å². The first kappa shape index (κ1) is 23.1. The number of nitrogens with zero attached hydrogens (tertiary/aromatic N) is 1. The number of methoxy groups -OCH3 is 1. The molecule has 8 nitrogen and oxygen atoms in total. The smallest absolute Gasteiger partial charge is 0.319 e. The molecule has 3 N–H and O–H groups in total. The van der Waals surface area contributed by atoms with Crippen LogP contribution in [0.15, 0.2) is 48.5 Å². The molecule has 0 saturated carbocycles. The highest BCUT2D eigenvalue weighted by molar-refractivity contribution is 5.98. The standard InChI is InChI=1S/C23H27FN4O4/c1-23(2,21(30)25-3)28-13-18(14-5-11-17(32-4)12-6-14)19(20(28)29)27-22(31)26-16-9-7-15(24)8-10-16/h5-12,18-19H,13H2,1-4H3,(H,25,30)(H2,26,27,31). The fourth-order valence-electron chi connectivity index (χ4n) is 3.82. The molecule has 170 valence electrons. The van der Waals surface area contributed by atoms with Crippen LogP contribution in [0.2, 0.25) is 0 Å². The molecular weight excluding hydrogens is 415 g/mol. The lowest BCUT2D eigenvalue weighted by Gasteiger charge is -2.34. The Hall–Kier alpha value is -3.62. The fraction of sp³-hybridized carbons (Fsp3) is 0.348. The molecule has 2 aromatic carbocycles. The van der Waals surface area contributed by atoms with Crippen LogP contribution in [0.1, 0.15) is 25.3 Å². The van der Waals surface area contributed by atoms with Crippen molar-refractivity contribution < 1.29 is 23.5 Å². The van der Waals surface area contributed by atoms with Gasteiger partial charge in [-0.3, -0.25) is 9.59 Å². The number of anilines is 1. The van der Waals surface area contributed by atoms with Gasteiger partial charge in [0.1, 0.15) is 23.1 Å². The van der Waals surface area contributed by atoms with Crippen LogP contribution in [0.4, 0.5) is 14.9 Å². The van der Waals surface area contributed by atoms with Gasteiger partial charge in [0.05, 0.1) is 7.11 Å². The van der Waals surface area contributed by atoms with E-state index >= 15 is 0 Å². The number of ether oxygens (including phenoxy) is 1. The Morgan fingerprint density at radius 1 is 1.09 bits per heavy atom. The first-order valence-corrected chi connectivity index (χ1v) is 10.2. The Bertz CT molecular complexity index is 992. The molecule has 0 bridgehead atoms. The normalized spacial score (nSPS) is 18.3. The lowest BCUT2D eigenvalue weighted by molar-refractivity contribution is -0.143. The molecule has 2 unspecified atom stereocenters. The number of halogens is 1. The minimum atomic E-state index is -1.11. The number of benzene rings is 2. The molecule has 9 heteroatoms. The summed E-state index contributed by atoms with van der Waals surface area (Å²) in [5, 5.41) is 7.92. The van der Waals surface area contributed by atoms with Crippen molar-refractivity contribution in [2.75, 3.05) is 26.0 Å². The lowest BCUT2D eigenvalue weighted by Crippen LogP contribution is -2.56. The van der Waals surface area contributed by atoms with Crippen LogP contribution in [0.25, 0.3) is 0 Å². The minimum Gasteiger partial charge on any atom is -0.497 e. The zero-order chi connectivity index (χ0) is 23.5. The summed E-state index contributed by atoms with van der Waals surface area (Å²) < 4.78 is 18.3. The summed E-state index contributed by atoms with van der Waals surface area (Å²) in [5.74, 6) is -0.825. The third-order valence-electron chi connectivity index (χ3n) is 5.70. The number of amides is 4. The molecule has 0 spiro atoms. The van der Waals surface area contributed by atoms with E-state index in [9.17, 15) is 18.8 Å². The van der Waals surface area contributed by atoms with Crippen molar-refractivity contribution in [3.63, 3.8) is 0 Å². The van der Waals surface area contributed by atoms with E-state index in [0.717, 1.165) is 5.56 Å². The van der Waals surface area contributed by atoms with Crippen molar-refractivity contribution in [3.8, 4) is 5.75 Å². The summed E-state index contributed by atoms with van der Waals surface area (Å²) in [7, 11) is 3.07. The fourth-order valence-corrected chi connectivity index (χ4v) is 3.82. The van der Waals surface area contributed by atoms with Crippen LogP contribution >= 0.6 is 0 Å². The number of carbonyl (C=O) groups is 3. The number of hydrogen-bond donors (Lipinski definition) is 3. The summed E-state index contributed by atoms with van der Waals surface area (Å²) in [6.07, 6.45) is 0. The van der Waals surface area contributed by atoms with Gasteiger partial charge < -0.3 is 25.6 Å². The second kappa shape index (κ2) is 9.25. The molecule has 4 amide bonds. The van der Waals surface area contributed by atoms with Gasteiger partial charge in [0.2, 0.25) is 11.8 Å². The van der Waals surface area contributed by atoms with Gasteiger partial charge in [0, 0.05) is 25.2 Å². The first-order chi connectivity index (χ1) is 15.2. The Labute approximate surface area is 186 Å². The molecular formula is C23H27FN4O4. The van der Waals surface area contributed by atoms with E-state index in [1.165, 1.54) is 36.2 Å². The van der Waals surface area contributed by atoms with Crippen molar-refractivity contribution in [2.24, 2.45) is 0 Å². The maximum Gasteiger partial charge on any atom is 0.319 e.